The zero-order chi connectivity index (χ0) is 10.8. The van der Waals surface area contributed by atoms with Crippen molar-refractivity contribution < 1.29 is 0 Å². The van der Waals surface area contributed by atoms with E-state index in [0.717, 1.165) is 25.3 Å². The van der Waals surface area contributed by atoms with E-state index in [9.17, 15) is 0 Å². The highest BCUT2D eigenvalue weighted by molar-refractivity contribution is 5.20. The van der Waals surface area contributed by atoms with Gasteiger partial charge in [-0.1, -0.05) is 0 Å². The maximum absolute atomic E-state index is 5.52. The van der Waals surface area contributed by atoms with Gasteiger partial charge in [-0.25, -0.2) is 9.97 Å². The third kappa shape index (κ3) is 2.16. The molecule has 0 amide bonds. The molecular weight excluding hydrogens is 188 g/mol. The second kappa shape index (κ2) is 4.24. The molecule has 1 aliphatic heterocycles. The number of hydrogen-bond acceptors (Lipinski definition) is 4. The van der Waals surface area contributed by atoms with Crippen LogP contribution in [0.15, 0.2) is 6.20 Å². The Morgan fingerprint density at radius 1 is 1.53 bits per heavy atom. The lowest BCUT2D eigenvalue weighted by atomic mass is 10.1. The molecule has 0 fully saturated rings. The Bertz CT molecular complexity index is 348. The summed E-state index contributed by atoms with van der Waals surface area (Å²) in [6.07, 6.45) is 2.95. The molecule has 2 heterocycles. The van der Waals surface area contributed by atoms with Gasteiger partial charge in [0.15, 0.2) is 0 Å². The van der Waals surface area contributed by atoms with Crippen molar-refractivity contribution in [3.8, 4) is 0 Å². The summed E-state index contributed by atoms with van der Waals surface area (Å²) in [6, 6.07) is 0.590. The topological polar surface area (TPSA) is 55.0 Å². The molecule has 15 heavy (non-hydrogen) atoms. The number of nitrogens with two attached hydrogens (primary N) is 1. The summed E-state index contributed by atoms with van der Waals surface area (Å²) in [7, 11) is 0. The Balaban J connectivity index is 2.21. The van der Waals surface area contributed by atoms with Crippen molar-refractivity contribution in [1.29, 1.82) is 0 Å². The quantitative estimate of drug-likeness (QED) is 0.774. The van der Waals surface area contributed by atoms with Crippen LogP contribution in [0.5, 0.6) is 0 Å². The average Bonchev–Trinajstić information content (AvgIpc) is 2.27. The van der Waals surface area contributed by atoms with E-state index >= 15 is 0 Å². The van der Waals surface area contributed by atoms with Crippen LogP contribution in [0.3, 0.4) is 0 Å². The summed E-state index contributed by atoms with van der Waals surface area (Å²) in [5, 5.41) is 0. The number of nitrogens with zero attached hydrogens (tertiary/aromatic N) is 3. The average molecular weight is 206 g/mol. The van der Waals surface area contributed by atoms with Crippen LogP contribution in [0.4, 0.5) is 0 Å². The molecule has 1 aliphatic rings. The van der Waals surface area contributed by atoms with Crippen LogP contribution in [0.1, 0.15) is 30.9 Å². The van der Waals surface area contributed by atoms with Gasteiger partial charge in [0.25, 0.3) is 0 Å². The minimum atomic E-state index is 0.432. The Kier molecular flexibility index (Phi) is 2.98. The second-order valence-electron chi connectivity index (χ2n) is 4.28. The first-order chi connectivity index (χ1) is 7.20. The lowest BCUT2D eigenvalue weighted by Gasteiger charge is -2.31. The summed E-state index contributed by atoms with van der Waals surface area (Å²) >= 11 is 0. The van der Waals surface area contributed by atoms with E-state index in [1.165, 1.54) is 11.3 Å². The van der Waals surface area contributed by atoms with Gasteiger partial charge in [-0.2, -0.15) is 0 Å². The fourth-order valence-electron chi connectivity index (χ4n) is 1.92. The van der Waals surface area contributed by atoms with E-state index in [1.807, 2.05) is 6.20 Å². The van der Waals surface area contributed by atoms with Crippen molar-refractivity contribution in [1.82, 2.24) is 14.9 Å². The van der Waals surface area contributed by atoms with Crippen LogP contribution >= 0.6 is 0 Å². The second-order valence-corrected chi connectivity index (χ2v) is 4.28. The smallest absolute Gasteiger partial charge is 0.142 e. The van der Waals surface area contributed by atoms with Crippen molar-refractivity contribution in [2.45, 2.75) is 39.4 Å². The van der Waals surface area contributed by atoms with Crippen molar-refractivity contribution in [2.24, 2.45) is 5.73 Å². The Labute approximate surface area is 90.5 Å². The van der Waals surface area contributed by atoms with Gasteiger partial charge in [0, 0.05) is 43.0 Å². The highest BCUT2D eigenvalue weighted by atomic mass is 15.2. The minimum Gasteiger partial charge on any atom is -0.324 e. The van der Waals surface area contributed by atoms with Gasteiger partial charge >= 0.3 is 0 Å². The molecule has 0 atom stereocenters. The molecule has 0 spiro atoms. The molecular formula is C11H18N4. The number of rotatable bonds is 2. The normalized spacial score (nSPS) is 16.8. The molecule has 4 nitrogen and oxygen atoms in total. The lowest BCUT2D eigenvalue weighted by Crippen LogP contribution is -2.36. The molecule has 0 aliphatic carbocycles. The molecule has 2 rings (SSSR count). The zero-order valence-corrected chi connectivity index (χ0v) is 9.40. The van der Waals surface area contributed by atoms with Crippen LogP contribution in [0.25, 0.3) is 0 Å². The largest absolute Gasteiger partial charge is 0.324 e. The Morgan fingerprint density at radius 3 is 3.00 bits per heavy atom. The number of fused-ring (bicyclic) bond motifs is 1. The molecule has 4 heteroatoms. The molecule has 2 N–H and O–H groups in total. The maximum atomic E-state index is 5.52. The predicted octanol–water partition coefficient (Wildman–Crippen LogP) is 0.702. The first-order valence-electron chi connectivity index (χ1n) is 5.48. The van der Waals surface area contributed by atoms with Crippen LogP contribution < -0.4 is 5.73 Å². The standard InChI is InChI=1S/C11H18N4/c1-8(2)15-4-3-10-9(7-15)6-13-11(5-12)14-10/h6,8H,3-5,7,12H2,1-2H3. The molecule has 0 radical (unpaired) electrons. The van der Waals surface area contributed by atoms with Gasteiger partial charge in [0.2, 0.25) is 0 Å². The van der Waals surface area contributed by atoms with Gasteiger partial charge in [0.05, 0.1) is 6.54 Å². The highest BCUT2D eigenvalue weighted by Gasteiger charge is 2.19. The zero-order valence-electron chi connectivity index (χ0n) is 9.40. The number of hydrogen-bond donors (Lipinski definition) is 1. The van der Waals surface area contributed by atoms with E-state index in [0.29, 0.717) is 12.6 Å². The summed E-state index contributed by atoms with van der Waals surface area (Å²) in [6.45, 7) is 6.94. The van der Waals surface area contributed by atoms with E-state index in [-0.39, 0.29) is 0 Å². The molecule has 0 saturated carbocycles. The van der Waals surface area contributed by atoms with Gasteiger partial charge in [-0.15, -0.1) is 0 Å². The monoisotopic (exact) mass is 206 g/mol. The van der Waals surface area contributed by atoms with E-state index < -0.39 is 0 Å². The van der Waals surface area contributed by atoms with E-state index in [2.05, 4.69) is 28.7 Å². The van der Waals surface area contributed by atoms with E-state index in [4.69, 9.17) is 5.73 Å². The summed E-state index contributed by atoms with van der Waals surface area (Å²) in [5.74, 6) is 0.756. The van der Waals surface area contributed by atoms with Crippen molar-refractivity contribution >= 4 is 0 Å². The van der Waals surface area contributed by atoms with Crippen LogP contribution in [0.2, 0.25) is 0 Å². The molecule has 1 aromatic heterocycles. The lowest BCUT2D eigenvalue weighted by molar-refractivity contribution is 0.201. The van der Waals surface area contributed by atoms with Crippen molar-refractivity contribution in [2.75, 3.05) is 6.54 Å². The Morgan fingerprint density at radius 2 is 2.33 bits per heavy atom. The summed E-state index contributed by atoms with van der Waals surface area (Å²) < 4.78 is 0. The van der Waals surface area contributed by atoms with Crippen molar-refractivity contribution in [3.63, 3.8) is 0 Å². The first-order valence-corrected chi connectivity index (χ1v) is 5.48. The summed E-state index contributed by atoms with van der Waals surface area (Å²) in [4.78, 5) is 11.1. The third-order valence-corrected chi connectivity index (χ3v) is 2.93. The molecule has 82 valence electrons. The molecule has 0 unspecified atom stereocenters. The maximum Gasteiger partial charge on any atom is 0.142 e. The number of aromatic nitrogens is 2. The molecule has 0 saturated heterocycles. The van der Waals surface area contributed by atoms with Crippen LogP contribution in [0, 0.1) is 0 Å². The Hall–Kier alpha value is -1.00. The van der Waals surface area contributed by atoms with Gasteiger partial charge < -0.3 is 5.73 Å². The highest BCUT2D eigenvalue weighted by Crippen LogP contribution is 2.17. The fraction of sp³-hybridized carbons (Fsp3) is 0.636. The fourth-order valence-corrected chi connectivity index (χ4v) is 1.92. The van der Waals surface area contributed by atoms with Crippen molar-refractivity contribution in [3.05, 3.63) is 23.3 Å². The van der Waals surface area contributed by atoms with Gasteiger partial charge in [0.1, 0.15) is 5.82 Å². The minimum absolute atomic E-state index is 0.432. The van der Waals surface area contributed by atoms with Gasteiger partial charge in [-0.3, -0.25) is 4.90 Å². The predicted molar refractivity (Wildman–Crippen MR) is 59.2 cm³/mol. The molecule has 1 aromatic rings. The third-order valence-electron chi connectivity index (χ3n) is 2.93. The van der Waals surface area contributed by atoms with Crippen LogP contribution in [-0.2, 0) is 19.5 Å². The molecule has 0 aromatic carbocycles. The molecule has 0 bridgehead atoms. The van der Waals surface area contributed by atoms with E-state index in [1.54, 1.807) is 0 Å². The SMILES string of the molecule is CC(C)N1CCc2nc(CN)ncc2C1. The van der Waals surface area contributed by atoms with Crippen LogP contribution in [-0.4, -0.2) is 27.5 Å². The summed E-state index contributed by atoms with van der Waals surface area (Å²) in [5.41, 5.74) is 7.96. The first kappa shape index (κ1) is 10.5. The van der Waals surface area contributed by atoms with Gasteiger partial charge in [-0.05, 0) is 13.8 Å².